The molecule has 0 saturated heterocycles. The number of sulfone groups is 1. The zero-order valence-corrected chi connectivity index (χ0v) is 9.28. The molecule has 2 rings (SSSR count). The molecule has 1 fully saturated rings. The smallest absolute Gasteiger partial charge is 0.194 e. The Morgan fingerprint density at radius 3 is 2.27 bits per heavy atom. The summed E-state index contributed by atoms with van der Waals surface area (Å²) in [6.45, 7) is 0. The Kier molecular flexibility index (Phi) is 2.80. The predicted molar refractivity (Wildman–Crippen MR) is 58.9 cm³/mol. The van der Waals surface area contributed by atoms with Gasteiger partial charge in [-0.3, -0.25) is 0 Å². The molecule has 1 aromatic rings. The molecule has 15 heavy (non-hydrogen) atoms. The lowest BCUT2D eigenvalue weighted by molar-refractivity contribution is 0.301. The van der Waals surface area contributed by atoms with E-state index in [4.69, 9.17) is 5.73 Å². The van der Waals surface area contributed by atoms with Crippen LogP contribution in [-0.4, -0.2) is 13.8 Å². The first kappa shape index (κ1) is 10.6. The van der Waals surface area contributed by atoms with Crippen molar-refractivity contribution in [2.24, 2.45) is 11.7 Å². The minimum atomic E-state index is -3.32. The Hall–Kier alpha value is -0.870. The number of hydrogen-bond donors (Lipinski definition) is 1. The number of hydrogen-bond acceptors (Lipinski definition) is 3. The quantitative estimate of drug-likeness (QED) is 0.849. The van der Waals surface area contributed by atoms with Crippen LogP contribution in [0.5, 0.6) is 0 Å². The van der Waals surface area contributed by atoms with Crippen LogP contribution < -0.4 is 5.73 Å². The van der Waals surface area contributed by atoms with Gasteiger partial charge in [0.05, 0.1) is 4.90 Å². The second kappa shape index (κ2) is 3.94. The molecule has 82 valence electrons. The van der Waals surface area contributed by atoms with E-state index in [1.54, 1.807) is 30.3 Å². The fraction of sp³-hybridized carbons (Fsp3) is 0.455. The Morgan fingerprint density at radius 2 is 1.80 bits per heavy atom. The molecule has 1 aliphatic rings. The van der Waals surface area contributed by atoms with Crippen molar-refractivity contribution in [3.8, 4) is 0 Å². The van der Waals surface area contributed by atoms with Crippen LogP contribution in [0.25, 0.3) is 0 Å². The lowest BCUT2D eigenvalue weighted by Crippen LogP contribution is -2.41. The minimum Gasteiger partial charge on any atom is -0.315 e. The Labute approximate surface area is 90.2 Å². The third-order valence-corrected chi connectivity index (χ3v) is 5.08. The Balaban J connectivity index is 2.26. The molecule has 1 atom stereocenters. The summed E-state index contributed by atoms with van der Waals surface area (Å²) in [5.41, 5.74) is 5.80. The Bertz CT molecular complexity index is 423. The van der Waals surface area contributed by atoms with Gasteiger partial charge < -0.3 is 5.73 Å². The summed E-state index contributed by atoms with van der Waals surface area (Å²) in [5.74, 6) is 0.148. The van der Waals surface area contributed by atoms with E-state index in [2.05, 4.69) is 0 Å². The number of rotatable bonds is 3. The third kappa shape index (κ3) is 1.92. The molecule has 0 aliphatic heterocycles. The van der Waals surface area contributed by atoms with Gasteiger partial charge in [0.25, 0.3) is 0 Å². The molecule has 0 bridgehead atoms. The molecule has 0 heterocycles. The maximum atomic E-state index is 12.0. The SMILES string of the molecule is NC(C1CCC1)S(=O)(=O)c1ccccc1. The van der Waals surface area contributed by atoms with Gasteiger partial charge in [-0.15, -0.1) is 0 Å². The van der Waals surface area contributed by atoms with Gasteiger partial charge in [0, 0.05) is 0 Å². The van der Waals surface area contributed by atoms with Crippen LogP contribution in [0.1, 0.15) is 19.3 Å². The fourth-order valence-electron chi connectivity index (χ4n) is 1.79. The van der Waals surface area contributed by atoms with E-state index in [9.17, 15) is 8.42 Å². The topological polar surface area (TPSA) is 60.2 Å². The molecule has 1 aliphatic carbocycles. The molecular formula is C11H15NO2S. The van der Waals surface area contributed by atoms with Crippen molar-refractivity contribution in [3.05, 3.63) is 30.3 Å². The average Bonchev–Trinajstić information content (AvgIpc) is 2.16. The molecule has 4 heteroatoms. The van der Waals surface area contributed by atoms with Gasteiger partial charge in [-0.2, -0.15) is 0 Å². The van der Waals surface area contributed by atoms with Crippen molar-refractivity contribution in [2.75, 3.05) is 0 Å². The highest BCUT2D eigenvalue weighted by atomic mass is 32.2. The predicted octanol–water partition coefficient (Wildman–Crippen LogP) is 1.55. The second-order valence-electron chi connectivity index (χ2n) is 4.01. The second-order valence-corrected chi connectivity index (χ2v) is 6.12. The molecule has 0 amide bonds. The van der Waals surface area contributed by atoms with Crippen LogP contribution in [0, 0.1) is 5.92 Å². The van der Waals surface area contributed by atoms with Gasteiger partial charge in [0.2, 0.25) is 0 Å². The van der Waals surface area contributed by atoms with Gasteiger partial charge >= 0.3 is 0 Å². The molecule has 1 aromatic carbocycles. The zero-order valence-electron chi connectivity index (χ0n) is 8.46. The summed E-state index contributed by atoms with van der Waals surface area (Å²) in [7, 11) is -3.32. The molecule has 1 unspecified atom stereocenters. The first-order chi connectivity index (χ1) is 7.12. The van der Waals surface area contributed by atoms with Crippen LogP contribution in [0.15, 0.2) is 35.2 Å². The van der Waals surface area contributed by atoms with E-state index in [1.165, 1.54) is 0 Å². The van der Waals surface area contributed by atoms with Gasteiger partial charge in [-0.1, -0.05) is 24.6 Å². The summed E-state index contributed by atoms with van der Waals surface area (Å²) in [6, 6.07) is 8.45. The van der Waals surface area contributed by atoms with E-state index < -0.39 is 15.2 Å². The minimum absolute atomic E-state index is 0.148. The average molecular weight is 225 g/mol. The zero-order chi connectivity index (χ0) is 10.9. The first-order valence-electron chi connectivity index (χ1n) is 5.17. The van der Waals surface area contributed by atoms with E-state index >= 15 is 0 Å². The number of benzene rings is 1. The summed E-state index contributed by atoms with van der Waals surface area (Å²) < 4.78 is 24.1. The summed E-state index contributed by atoms with van der Waals surface area (Å²) in [6.07, 6.45) is 2.98. The van der Waals surface area contributed by atoms with Crippen molar-refractivity contribution in [2.45, 2.75) is 29.5 Å². The van der Waals surface area contributed by atoms with Crippen molar-refractivity contribution in [3.63, 3.8) is 0 Å². The van der Waals surface area contributed by atoms with Crippen LogP contribution in [0.3, 0.4) is 0 Å². The van der Waals surface area contributed by atoms with Crippen molar-refractivity contribution in [1.82, 2.24) is 0 Å². The van der Waals surface area contributed by atoms with Crippen LogP contribution >= 0.6 is 0 Å². The lowest BCUT2D eigenvalue weighted by atomic mass is 9.85. The molecule has 3 nitrogen and oxygen atoms in total. The Morgan fingerprint density at radius 1 is 1.20 bits per heavy atom. The van der Waals surface area contributed by atoms with E-state index in [-0.39, 0.29) is 5.92 Å². The van der Waals surface area contributed by atoms with Gasteiger partial charge in [0.1, 0.15) is 5.37 Å². The van der Waals surface area contributed by atoms with Gasteiger partial charge in [0.15, 0.2) is 9.84 Å². The van der Waals surface area contributed by atoms with Crippen molar-refractivity contribution in [1.29, 1.82) is 0 Å². The van der Waals surface area contributed by atoms with Crippen molar-refractivity contribution < 1.29 is 8.42 Å². The van der Waals surface area contributed by atoms with Crippen LogP contribution in [0.4, 0.5) is 0 Å². The molecule has 0 radical (unpaired) electrons. The van der Waals surface area contributed by atoms with Gasteiger partial charge in [-0.25, -0.2) is 8.42 Å². The monoisotopic (exact) mass is 225 g/mol. The summed E-state index contributed by atoms with van der Waals surface area (Å²) in [4.78, 5) is 0.337. The normalized spacial score (nSPS) is 19.5. The lowest BCUT2D eigenvalue weighted by Gasteiger charge is -2.30. The standard InChI is InChI=1S/C11H15NO2S/c12-11(9-5-4-6-9)15(13,14)10-7-2-1-3-8-10/h1-3,7-9,11H,4-6,12H2. The molecule has 2 N–H and O–H groups in total. The van der Waals surface area contributed by atoms with E-state index in [1.807, 2.05) is 0 Å². The number of nitrogens with two attached hydrogens (primary N) is 1. The van der Waals surface area contributed by atoms with Crippen LogP contribution in [-0.2, 0) is 9.84 Å². The third-order valence-electron chi connectivity index (χ3n) is 3.04. The molecule has 1 saturated carbocycles. The molecular weight excluding hydrogens is 210 g/mol. The molecule has 0 aromatic heterocycles. The van der Waals surface area contributed by atoms with E-state index in [0.717, 1.165) is 19.3 Å². The molecule has 0 spiro atoms. The fourth-order valence-corrected chi connectivity index (χ4v) is 3.42. The van der Waals surface area contributed by atoms with Crippen LogP contribution in [0.2, 0.25) is 0 Å². The summed E-state index contributed by atoms with van der Waals surface area (Å²) >= 11 is 0. The van der Waals surface area contributed by atoms with E-state index in [0.29, 0.717) is 4.90 Å². The highest BCUT2D eigenvalue weighted by Gasteiger charge is 2.34. The maximum Gasteiger partial charge on any atom is 0.194 e. The highest BCUT2D eigenvalue weighted by molar-refractivity contribution is 7.92. The largest absolute Gasteiger partial charge is 0.315 e. The maximum absolute atomic E-state index is 12.0. The summed E-state index contributed by atoms with van der Waals surface area (Å²) in [5, 5.41) is -0.728. The highest BCUT2D eigenvalue weighted by Crippen LogP contribution is 2.32. The van der Waals surface area contributed by atoms with Gasteiger partial charge in [-0.05, 0) is 30.9 Å². The first-order valence-corrected chi connectivity index (χ1v) is 6.71. The van der Waals surface area contributed by atoms with Crippen molar-refractivity contribution >= 4 is 9.84 Å².